The molecule has 0 N–H and O–H groups in total. The van der Waals surface area contributed by atoms with Gasteiger partial charge < -0.3 is 19.1 Å². The Bertz CT molecular complexity index is 810. The molecule has 0 saturated carbocycles. The fourth-order valence-electron chi connectivity index (χ4n) is 4.73. The molecule has 0 bridgehead atoms. The summed E-state index contributed by atoms with van der Waals surface area (Å²) in [5.74, 6) is 0.450. The number of amides is 1. The Morgan fingerprint density at radius 1 is 1.10 bits per heavy atom. The van der Waals surface area contributed by atoms with Gasteiger partial charge in [-0.05, 0) is 58.5 Å². The second-order valence-corrected chi connectivity index (χ2v) is 9.08. The van der Waals surface area contributed by atoms with E-state index >= 15 is 0 Å². The van der Waals surface area contributed by atoms with Crippen LogP contribution in [0.3, 0.4) is 0 Å². The number of anilines is 1. The number of carbonyl (C=O) groups excluding carboxylic acids is 1. The zero-order valence-corrected chi connectivity index (χ0v) is 18.6. The number of likely N-dealkylation sites (tertiary alicyclic amines) is 1. The minimum atomic E-state index is 0.140. The number of aromatic nitrogens is 1. The van der Waals surface area contributed by atoms with E-state index in [4.69, 9.17) is 4.42 Å². The SMILES string of the molecule is CN(C)CCN(C)C(=O)[C@H]1CCCN(C2CCN(c3nc4ccccc4o3)CC2)C1. The van der Waals surface area contributed by atoms with Crippen LogP contribution in [-0.4, -0.2) is 92.0 Å². The Morgan fingerprint density at radius 2 is 1.87 bits per heavy atom. The lowest BCUT2D eigenvalue weighted by molar-refractivity contribution is -0.136. The van der Waals surface area contributed by atoms with Crippen LogP contribution in [0.1, 0.15) is 25.7 Å². The molecule has 1 atom stereocenters. The summed E-state index contributed by atoms with van der Waals surface area (Å²) in [6.45, 7) is 5.63. The Balaban J connectivity index is 1.30. The molecular weight excluding hydrogens is 378 g/mol. The predicted molar refractivity (Wildman–Crippen MR) is 120 cm³/mol. The number of fused-ring (bicyclic) bond motifs is 1. The molecule has 0 unspecified atom stereocenters. The third kappa shape index (κ3) is 4.78. The first-order valence-corrected chi connectivity index (χ1v) is 11.3. The van der Waals surface area contributed by atoms with E-state index in [1.165, 1.54) is 0 Å². The van der Waals surface area contributed by atoms with E-state index in [9.17, 15) is 4.79 Å². The molecule has 7 nitrogen and oxygen atoms in total. The zero-order chi connectivity index (χ0) is 21.1. The molecule has 0 radical (unpaired) electrons. The van der Waals surface area contributed by atoms with Gasteiger partial charge in [-0.3, -0.25) is 9.69 Å². The molecule has 2 saturated heterocycles. The highest BCUT2D eigenvalue weighted by atomic mass is 16.4. The molecule has 164 valence electrons. The van der Waals surface area contributed by atoms with E-state index in [2.05, 4.69) is 19.7 Å². The largest absolute Gasteiger partial charge is 0.423 e. The predicted octanol–water partition coefficient (Wildman–Crippen LogP) is 2.53. The first kappa shape index (κ1) is 21.1. The van der Waals surface area contributed by atoms with Crippen LogP contribution >= 0.6 is 0 Å². The van der Waals surface area contributed by atoms with Crippen LogP contribution in [0.5, 0.6) is 0 Å². The smallest absolute Gasteiger partial charge is 0.298 e. The topological polar surface area (TPSA) is 56.1 Å². The molecule has 2 aromatic rings. The zero-order valence-electron chi connectivity index (χ0n) is 18.6. The summed E-state index contributed by atoms with van der Waals surface area (Å²) in [6.07, 6.45) is 4.32. The molecule has 30 heavy (non-hydrogen) atoms. The van der Waals surface area contributed by atoms with E-state index in [0.717, 1.165) is 82.1 Å². The van der Waals surface area contributed by atoms with Crippen LogP contribution in [0, 0.1) is 5.92 Å². The molecule has 0 aliphatic carbocycles. The summed E-state index contributed by atoms with van der Waals surface area (Å²) >= 11 is 0. The molecule has 4 rings (SSSR count). The van der Waals surface area contributed by atoms with Crippen molar-refractivity contribution in [3.8, 4) is 0 Å². The first-order valence-electron chi connectivity index (χ1n) is 11.3. The first-order chi connectivity index (χ1) is 14.5. The van der Waals surface area contributed by atoms with Crippen molar-refractivity contribution in [2.24, 2.45) is 5.92 Å². The second kappa shape index (κ2) is 9.35. The van der Waals surface area contributed by atoms with E-state index in [1.54, 1.807) is 0 Å². The molecule has 1 aromatic heterocycles. The van der Waals surface area contributed by atoms with Crippen molar-refractivity contribution in [2.75, 3.05) is 65.3 Å². The minimum absolute atomic E-state index is 0.140. The fourth-order valence-corrected chi connectivity index (χ4v) is 4.73. The summed E-state index contributed by atoms with van der Waals surface area (Å²) in [6, 6.07) is 9.23. The van der Waals surface area contributed by atoms with Gasteiger partial charge in [-0.1, -0.05) is 12.1 Å². The van der Waals surface area contributed by atoms with E-state index < -0.39 is 0 Å². The maximum Gasteiger partial charge on any atom is 0.298 e. The van der Waals surface area contributed by atoms with E-state index in [1.807, 2.05) is 50.3 Å². The number of hydrogen-bond donors (Lipinski definition) is 0. The van der Waals surface area contributed by atoms with Crippen molar-refractivity contribution >= 4 is 23.0 Å². The summed E-state index contributed by atoms with van der Waals surface area (Å²) in [5.41, 5.74) is 1.77. The summed E-state index contributed by atoms with van der Waals surface area (Å²) in [4.78, 5) is 26.4. The Kier molecular flexibility index (Phi) is 6.58. The van der Waals surface area contributed by atoms with Gasteiger partial charge in [0, 0.05) is 45.8 Å². The van der Waals surface area contributed by atoms with E-state index in [0.29, 0.717) is 11.9 Å². The van der Waals surface area contributed by atoms with Crippen molar-refractivity contribution in [3.05, 3.63) is 24.3 Å². The van der Waals surface area contributed by atoms with Crippen LogP contribution in [0.25, 0.3) is 11.1 Å². The highest BCUT2D eigenvalue weighted by Gasteiger charge is 2.33. The lowest BCUT2D eigenvalue weighted by Gasteiger charge is -2.42. The number of likely N-dealkylation sites (N-methyl/N-ethyl adjacent to an activating group) is 2. The van der Waals surface area contributed by atoms with Gasteiger partial charge in [-0.2, -0.15) is 4.98 Å². The second-order valence-electron chi connectivity index (χ2n) is 9.08. The maximum atomic E-state index is 12.9. The molecular formula is C23H35N5O2. The summed E-state index contributed by atoms with van der Waals surface area (Å²) in [7, 11) is 6.05. The van der Waals surface area contributed by atoms with Gasteiger partial charge >= 0.3 is 0 Å². The maximum absolute atomic E-state index is 12.9. The van der Waals surface area contributed by atoms with Crippen molar-refractivity contribution < 1.29 is 9.21 Å². The average molecular weight is 414 g/mol. The third-order valence-electron chi connectivity index (χ3n) is 6.59. The summed E-state index contributed by atoms with van der Waals surface area (Å²) in [5, 5.41) is 0. The lowest BCUT2D eigenvalue weighted by Crippen LogP contribution is -2.51. The van der Waals surface area contributed by atoms with Gasteiger partial charge in [0.05, 0.1) is 5.92 Å². The van der Waals surface area contributed by atoms with Gasteiger partial charge in [0.1, 0.15) is 5.52 Å². The van der Waals surface area contributed by atoms with Crippen molar-refractivity contribution in [1.82, 2.24) is 19.7 Å². The Hall–Kier alpha value is -2.12. The quantitative estimate of drug-likeness (QED) is 0.725. The monoisotopic (exact) mass is 413 g/mol. The molecule has 1 aromatic carbocycles. The number of carbonyl (C=O) groups is 1. The van der Waals surface area contributed by atoms with Gasteiger partial charge in [0.2, 0.25) is 5.91 Å². The van der Waals surface area contributed by atoms with Gasteiger partial charge in [-0.25, -0.2) is 0 Å². The highest BCUT2D eigenvalue weighted by molar-refractivity contribution is 5.79. The van der Waals surface area contributed by atoms with Crippen molar-refractivity contribution in [1.29, 1.82) is 0 Å². The van der Waals surface area contributed by atoms with E-state index in [-0.39, 0.29) is 5.92 Å². The Labute approximate surface area is 179 Å². The summed E-state index contributed by atoms with van der Waals surface area (Å²) < 4.78 is 5.95. The molecule has 0 spiro atoms. The van der Waals surface area contributed by atoms with Crippen molar-refractivity contribution in [2.45, 2.75) is 31.7 Å². The Morgan fingerprint density at radius 3 is 2.60 bits per heavy atom. The van der Waals surface area contributed by atoms with Gasteiger partial charge in [0.15, 0.2) is 5.58 Å². The number of hydrogen-bond acceptors (Lipinski definition) is 6. The third-order valence-corrected chi connectivity index (χ3v) is 6.59. The number of benzene rings is 1. The van der Waals surface area contributed by atoms with Crippen LogP contribution in [0.4, 0.5) is 6.01 Å². The lowest BCUT2D eigenvalue weighted by atomic mass is 9.93. The molecule has 2 aliphatic heterocycles. The number of para-hydroxylation sites is 2. The van der Waals surface area contributed by atoms with Crippen LogP contribution < -0.4 is 4.90 Å². The number of nitrogens with zero attached hydrogens (tertiary/aromatic N) is 5. The van der Waals surface area contributed by atoms with Crippen molar-refractivity contribution in [3.63, 3.8) is 0 Å². The molecule has 2 aliphatic rings. The van der Waals surface area contributed by atoms with Gasteiger partial charge in [0.25, 0.3) is 6.01 Å². The number of piperidine rings is 2. The highest BCUT2D eigenvalue weighted by Crippen LogP contribution is 2.28. The normalized spacial score (nSPS) is 21.5. The van der Waals surface area contributed by atoms with Gasteiger partial charge in [-0.15, -0.1) is 0 Å². The van der Waals surface area contributed by atoms with Crippen LogP contribution in [-0.2, 0) is 4.79 Å². The molecule has 3 heterocycles. The molecule has 2 fully saturated rings. The van der Waals surface area contributed by atoms with Crippen LogP contribution in [0.15, 0.2) is 28.7 Å². The number of oxazole rings is 1. The number of rotatable bonds is 6. The molecule has 1 amide bonds. The molecule has 7 heteroatoms. The van der Waals surface area contributed by atoms with Crippen LogP contribution in [0.2, 0.25) is 0 Å². The minimum Gasteiger partial charge on any atom is -0.423 e. The fraction of sp³-hybridized carbons (Fsp3) is 0.652. The average Bonchev–Trinajstić information content (AvgIpc) is 3.21. The standard InChI is InChI=1S/C23H35N5O2/c1-25(2)15-16-26(3)22(29)18-7-6-12-28(17-18)19-10-13-27(14-11-19)23-24-20-8-4-5-9-21(20)30-23/h4-5,8-9,18-19H,6-7,10-17H2,1-3H3/t18-/m0/s1.